The van der Waals surface area contributed by atoms with Gasteiger partial charge in [0.15, 0.2) is 0 Å². The normalized spacial score (nSPS) is 36.9. The second kappa shape index (κ2) is 6.16. The first-order valence-electron chi connectivity index (χ1n) is 8.52. The molecule has 3 amide bonds. The van der Waals surface area contributed by atoms with E-state index < -0.39 is 5.54 Å². The van der Waals surface area contributed by atoms with E-state index in [2.05, 4.69) is 10.2 Å². The van der Waals surface area contributed by atoms with Crippen molar-refractivity contribution in [1.29, 1.82) is 0 Å². The van der Waals surface area contributed by atoms with E-state index in [1.165, 1.54) is 4.90 Å². The van der Waals surface area contributed by atoms with Gasteiger partial charge >= 0.3 is 6.03 Å². The van der Waals surface area contributed by atoms with Crippen LogP contribution in [0.15, 0.2) is 0 Å². The van der Waals surface area contributed by atoms with E-state index in [-0.39, 0.29) is 17.9 Å². The maximum atomic E-state index is 12.6. The second-order valence-corrected chi connectivity index (χ2v) is 6.92. The highest BCUT2D eigenvalue weighted by molar-refractivity contribution is 6.07. The lowest BCUT2D eigenvalue weighted by Crippen LogP contribution is -2.56. The monoisotopic (exact) mass is 309 g/mol. The number of hydrogen-bond acceptors (Lipinski definition) is 4. The van der Waals surface area contributed by atoms with Crippen LogP contribution in [-0.4, -0.2) is 66.2 Å². The van der Waals surface area contributed by atoms with Crippen LogP contribution in [0.2, 0.25) is 0 Å². The minimum Gasteiger partial charge on any atom is -0.377 e. The Hall–Kier alpha value is -1.14. The Morgan fingerprint density at radius 3 is 2.77 bits per heavy atom. The van der Waals surface area contributed by atoms with Gasteiger partial charge in [-0.3, -0.25) is 9.69 Å². The molecule has 0 saturated carbocycles. The zero-order valence-electron chi connectivity index (χ0n) is 13.6. The Morgan fingerprint density at radius 1 is 1.32 bits per heavy atom. The Morgan fingerprint density at radius 2 is 2.14 bits per heavy atom. The average molecular weight is 309 g/mol. The molecular formula is C16H27N3O3. The van der Waals surface area contributed by atoms with Crippen molar-refractivity contribution < 1.29 is 14.3 Å². The Labute approximate surface area is 132 Å². The molecule has 3 saturated heterocycles. The van der Waals surface area contributed by atoms with Crippen LogP contribution in [0.1, 0.15) is 39.5 Å². The van der Waals surface area contributed by atoms with Crippen LogP contribution < -0.4 is 5.32 Å². The van der Waals surface area contributed by atoms with Gasteiger partial charge in [0, 0.05) is 32.2 Å². The predicted octanol–water partition coefficient (Wildman–Crippen LogP) is 1.21. The van der Waals surface area contributed by atoms with Crippen molar-refractivity contribution in [2.24, 2.45) is 5.92 Å². The van der Waals surface area contributed by atoms with Gasteiger partial charge in [0.2, 0.25) is 0 Å². The number of piperidine rings is 1. The molecule has 0 spiro atoms. The molecule has 3 rings (SSSR count). The summed E-state index contributed by atoms with van der Waals surface area (Å²) in [5, 5.41) is 2.94. The van der Waals surface area contributed by atoms with Gasteiger partial charge < -0.3 is 15.0 Å². The number of carbonyl (C=O) groups is 2. The number of nitrogens with one attached hydrogen (secondary N) is 1. The highest BCUT2D eigenvalue weighted by Gasteiger charge is 2.52. The van der Waals surface area contributed by atoms with E-state index in [0.29, 0.717) is 12.6 Å². The molecule has 6 heteroatoms. The number of likely N-dealkylation sites (N-methyl/N-ethyl adjacent to an activating group) is 1. The minimum absolute atomic E-state index is 0.0658. The number of carbonyl (C=O) groups excluding carboxylic acids is 2. The highest BCUT2D eigenvalue weighted by atomic mass is 16.5. The van der Waals surface area contributed by atoms with E-state index in [9.17, 15) is 9.59 Å². The zero-order valence-corrected chi connectivity index (χ0v) is 13.6. The molecule has 0 unspecified atom stereocenters. The quantitative estimate of drug-likeness (QED) is 0.793. The summed E-state index contributed by atoms with van der Waals surface area (Å²) < 4.78 is 5.73. The van der Waals surface area contributed by atoms with E-state index in [4.69, 9.17) is 4.74 Å². The zero-order chi connectivity index (χ0) is 15.7. The van der Waals surface area contributed by atoms with E-state index >= 15 is 0 Å². The average Bonchev–Trinajstić information content (AvgIpc) is 3.07. The fraction of sp³-hybridized carbons (Fsp3) is 0.875. The van der Waals surface area contributed by atoms with Crippen molar-refractivity contribution in [1.82, 2.24) is 15.1 Å². The molecule has 3 fully saturated rings. The third kappa shape index (κ3) is 2.74. The Kier molecular flexibility index (Phi) is 4.41. The number of amides is 3. The molecule has 124 valence electrons. The molecule has 0 aromatic rings. The molecule has 0 aromatic carbocycles. The topological polar surface area (TPSA) is 61.9 Å². The lowest BCUT2D eigenvalue weighted by Gasteiger charge is -2.40. The first kappa shape index (κ1) is 15.7. The van der Waals surface area contributed by atoms with Gasteiger partial charge in [-0.15, -0.1) is 0 Å². The summed E-state index contributed by atoms with van der Waals surface area (Å²) in [5.74, 6) is 0.111. The van der Waals surface area contributed by atoms with Crippen LogP contribution in [0.4, 0.5) is 4.79 Å². The van der Waals surface area contributed by atoms with Crippen molar-refractivity contribution in [2.75, 3.05) is 32.8 Å². The summed E-state index contributed by atoms with van der Waals surface area (Å²) in [5.41, 5.74) is -0.748. The molecule has 0 radical (unpaired) electrons. The Balaban J connectivity index is 1.66. The largest absolute Gasteiger partial charge is 0.377 e. The molecule has 0 aliphatic carbocycles. The Bertz CT molecular complexity index is 450. The standard InChI is InChI=1S/C16H27N3O3/c1-3-19-14(20)16(2,17-15(19)21)12-6-4-8-18(10-12)11-13-7-5-9-22-13/h12-13H,3-11H2,1-2H3,(H,17,21)/t12-,13-,16-/m1/s1. The van der Waals surface area contributed by atoms with Crippen LogP contribution in [0.3, 0.4) is 0 Å². The molecule has 1 N–H and O–H groups in total. The van der Waals surface area contributed by atoms with Gasteiger partial charge in [-0.05, 0) is 46.1 Å². The summed E-state index contributed by atoms with van der Waals surface area (Å²) in [6.45, 7) is 7.92. The number of likely N-dealkylation sites (tertiary alicyclic amines) is 1. The molecule has 0 bridgehead atoms. The summed E-state index contributed by atoms with van der Waals surface area (Å²) in [6.07, 6.45) is 4.69. The highest BCUT2D eigenvalue weighted by Crippen LogP contribution is 2.32. The smallest absolute Gasteiger partial charge is 0.325 e. The van der Waals surface area contributed by atoms with Gasteiger partial charge in [-0.1, -0.05) is 0 Å². The van der Waals surface area contributed by atoms with Gasteiger partial charge in [0.1, 0.15) is 5.54 Å². The van der Waals surface area contributed by atoms with Crippen molar-refractivity contribution in [3.63, 3.8) is 0 Å². The van der Waals surface area contributed by atoms with Gasteiger partial charge in [-0.2, -0.15) is 0 Å². The van der Waals surface area contributed by atoms with Crippen molar-refractivity contribution in [3.05, 3.63) is 0 Å². The first-order chi connectivity index (χ1) is 10.5. The summed E-state index contributed by atoms with van der Waals surface area (Å²) in [6, 6.07) is -0.244. The number of hydrogen-bond donors (Lipinski definition) is 1. The van der Waals surface area contributed by atoms with Gasteiger partial charge in [-0.25, -0.2) is 4.79 Å². The van der Waals surface area contributed by atoms with Gasteiger partial charge in [0.05, 0.1) is 6.10 Å². The summed E-state index contributed by atoms with van der Waals surface area (Å²) in [4.78, 5) is 28.4. The number of imide groups is 1. The number of urea groups is 1. The first-order valence-corrected chi connectivity index (χ1v) is 8.52. The van der Waals surface area contributed by atoms with Crippen LogP contribution in [0.25, 0.3) is 0 Å². The van der Waals surface area contributed by atoms with Crippen LogP contribution in [-0.2, 0) is 9.53 Å². The number of rotatable bonds is 4. The van der Waals surface area contributed by atoms with Crippen LogP contribution in [0.5, 0.6) is 0 Å². The molecular weight excluding hydrogens is 282 g/mol. The fourth-order valence-corrected chi connectivity index (χ4v) is 4.05. The van der Waals surface area contributed by atoms with Crippen LogP contribution in [0, 0.1) is 5.92 Å². The lowest BCUT2D eigenvalue weighted by molar-refractivity contribution is -0.133. The molecule has 22 heavy (non-hydrogen) atoms. The molecule has 0 aromatic heterocycles. The van der Waals surface area contributed by atoms with E-state index in [0.717, 1.165) is 51.9 Å². The molecule has 3 aliphatic rings. The predicted molar refractivity (Wildman–Crippen MR) is 82.5 cm³/mol. The third-order valence-corrected chi connectivity index (χ3v) is 5.43. The molecule has 3 heterocycles. The molecule has 6 nitrogen and oxygen atoms in total. The SMILES string of the molecule is CCN1C(=O)N[C@](C)([C@@H]2CCCN(C[C@H]3CCCO3)C2)C1=O. The van der Waals surface area contributed by atoms with Crippen molar-refractivity contribution >= 4 is 11.9 Å². The number of nitrogens with zero attached hydrogens (tertiary/aromatic N) is 2. The van der Waals surface area contributed by atoms with Crippen LogP contribution >= 0.6 is 0 Å². The minimum atomic E-state index is -0.748. The lowest BCUT2D eigenvalue weighted by atomic mass is 9.80. The molecule has 3 aliphatic heterocycles. The maximum absolute atomic E-state index is 12.6. The third-order valence-electron chi connectivity index (χ3n) is 5.43. The molecule has 3 atom stereocenters. The van der Waals surface area contributed by atoms with E-state index in [1.54, 1.807) is 0 Å². The second-order valence-electron chi connectivity index (χ2n) is 6.92. The van der Waals surface area contributed by atoms with Crippen molar-refractivity contribution in [3.8, 4) is 0 Å². The number of ether oxygens (including phenoxy) is 1. The maximum Gasteiger partial charge on any atom is 0.325 e. The summed E-state index contributed by atoms with van der Waals surface area (Å²) in [7, 11) is 0. The van der Waals surface area contributed by atoms with Gasteiger partial charge in [0.25, 0.3) is 5.91 Å². The summed E-state index contributed by atoms with van der Waals surface area (Å²) >= 11 is 0. The van der Waals surface area contributed by atoms with Crippen molar-refractivity contribution in [2.45, 2.75) is 51.2 Å². The fourth-order valence-electron chi connectivity index (χ4n) is 4.05. The van der Waals surface area contributed by atoms with E-state index in [1.807, 2.05) is 13.8 Å².